The Morgan fingerprint density at radius 3 is 1.11 bits per heavy atom. The van der Waals surface area contributed by atoms with Crippen molar-refractivity contribution < 1.29 is 0 Å². The minimum absolute atomic E-state index is 0.632. The second-order valence-corrected chi connectivity index (χ2v) is 17.2. The van der Waals surface area contributed by atoms with Crippen molar-refractivity contribution in [3.8, 4) is 44.8 Å². The standard InChI is InChI=1S/C60H44N2/c1-39(2)36-40-24-30-45(31-25-40)61-55-22-12-10-16-47(55)53-37-43(28-34-57(53)61)44-29-35-58-54(38-44)48-17-11-13-23-56(48)62(58)46-32-26-42(27-33-46)60-51-20-8-6-18-49(51)59(41-14-4-3-5-15-41)50-19-7-9-21-52(50)60/h3-35,37-39H,36H2,1-2H3. The van der Waals surface area contributed by atoms with Crippen molar-refractivity contribution in [2.45, 2.75) is 20.3 Å². The molecule has 0 saturated heterocycles. The Kier molecular flexibility index (Phi) is 8.47. The van der Waals surface area contributed by atoms with Gasteiger partial charge in [0.2, 0.25) is 0 Å². The van der Waals surface area contributed by atoms with E-state index in [0.29, 0.717) is 5.92 Å². The molecule has 2 heteroatoms. The van der Waals surface area contributed by atoms with Gasteiger partial charge in [-0.2, -0.15) is 0 Å². The maximum Gasteiger partial charge on any atom is 0.0541 e. The van der Waals surface area contributed by atoms with E-state index in [-0.39, 0.29) is 0 Å². The Morgan fingerprint density at radius 2 is 0.661 bits per heavy atom. The van der Waals surface area contributed by atoms with E-state index in [9.17, 15) is 0 Å². The fourth-order valence-corrected chi connectivity index (χ4v) is 10.2. The van der Waals surface area contributed by atoms with Crippen molar-refractivity contribution in [3.05, 3.63) is 218 Å². The van der Waals surface area contributed by atoms with Gasteiger partial charge in [0.25, 0.3) is 0 Å². The molecule has 2 aromatic heterocycles. The molecule has 0 aliphatic carbocycles. The summed E-state index contributed by atoms with van der Waals surface area (Å²) in [6.45, 7) is 4.56. The van der Waals surface area contributed by atoms with Gasteiger partial charge in [-0.05, 0) is 133 Å². The van der Waals surface area contributed by atoms with E-state index >= 15 is 0 Å². The predicted octanol–water partition coefficient (Wildman–Crippen LogP) is 16.4. The Morgan fingerprint density at radius 1 is 0.306 bits per heavy atom. The molecule has 0 unspecified atom stereocenters. The third kappa shape index (κ3) is 5.79. The molecular weight excluding hydrogens is 749 g/mol. The van der Waals surface area contributed by atoms with Gasteiger partial charge in [0.1, 0.15) is 0 Å². The van der Waals surface area contributed by atoms with Crippen molar-refractivity contribution in [2.24, 2.45) is 5.92 Å². The molecule has 0 amide bonds. The van der Waals surface area contributed by atoms with E-state index in [1.165, 1.54) is 110 Å². The highest BCUT2D eigenvalue weighted by molar-refractivity contribution is 6.21. The van der Waals surface area contributed by atoms with Crippen LogP contribution in [-0.2, 0) is 6.42 Å². The third-order valence-corrected chi connectivity index (χ3v) is 12.9. The van der Waals surface area contributed by atoms with Gasteiger partial charge in [0.05, 0.1) is 22.1 Å². The molecule has 10 aromatic carbocycles. The highest BCUT2D eigenvalue weighted by atomic mass is 15.0. The summed E-state index contributed by atoms with van der Waals surface area (Å²) in [6.07, 6.45) is 1.09. The number of nitrogens with zero attached hydrogens (tertiary/aromatic N) is 2. The zero-order valence-electron chi connectivity index (χ0n) is 34.9. The first-order valence-electron chi connectivity index (χ1n) is 21.8. The lowest BCUT2D eigenvalue weighted by molar-refractivity contribution is 0.647. The lowest BCUT2D eigenvalue weighted by Crippen LogP contribution is -1.97. The summed E-state index contributed by atoms with van der Waals surface area (Å²) in [5.74, 6) is 0.632. The molecule has 0 aliphatic heterocycles. The number of rotatable bonds is 7. The second kappa shape index (κ2) is 14.5. The van der Waals surface area contributed by atoms with Crippen LogP contribution in [0.2, 0.25) is 0 Å². The molecule has 0 atom stereocenters. The molecule has 0 N–H and O–H groups in total. The number of fused-ring (bicyclic) bond motifs is 8. The number of hydrogen-bond donors (Lipinski definition) is 0. The van der Waals surface area contributed by atoms with Crippen molar-refractivity contribution in [1.82, 2.24) is 9.13 Å². The smallest absolute Gasteiger partial charge is 0.0541 e. The van der Waals surface area contributed by atoms with Gasteiger partial charge in [-0.15, -0.1) is 0 Å². The summed E-state index contributed by atoms with van der Waals surface area (Å²) in [5, 5.41) is 10.1. The summed E-state index contributed by atoms with van der Waals surface area (Å²) < 4.78 is 4.84. The van der Waals surface area contributed by atoms with Crippen LogP contribution < -0.4 is 0 Å². The summed E-state index contributed by atoms with van der Waals surface area (Å²) in [6, 6.07) is 78.6. The minimum atomic E-state index is 0.632. The van der Waals surface area contributed by atoms with Crippen molar-refractivity contribution in [3.63, 3.8) is 0 Å². The van der Waals surface area contributed by atoms with Crippen LogP contribution in [0.4, 0.5) is 0 Å². The molecule has 0 aliphatic rings. The number of hydrogen-bond acceptors (Lipinski definition) is 0. The average Bonchev–Trinajstić information content (AvgIpc) is 3.83. The van der Waals surface area contributed by atoms with Crippen molar-refractivity contribution >= 4 is 65.2 Å². The molecule has 0 spiro atoms. The molecule has 294 valence electrons. The van der Waals surface area contributed by atoms with Crippen LogP contribution >= 0.6 is 0 Å². The zero-order chi connectivity index (χ0) is 41.3. The van der Waals surface area contributed by atoms with Gasteiger partial charge in [0.15, 0.2) is 0 Å². The first-order chi connectivity index (χ1) is 30.6. The van der Waals surface area contributed by atoms with Gasteiger partial charge in [-0.3, -0.25) is 0 Å². The maximum atomic E-state index is 2.43. The largest absolute Gasteiger partial charge is 0.309 e. The number of para-hydroxylation sites is 2. The van der Waals surface area contributed by atoms with Gasteiger partial charge in [-0.1, -0.05) is 166 Å². The molecule has 0 radical (unpaired) electrons. The summed E-state index contributed by atoms with van der Waals surface area (Å²) in [7, 11) is 0. The van der Waals surface area contributed by atoms with E-state index < -0.39 is 0 Å². The lowest BCUT2D eigenvalue weighted by Gasteiger charge is -2.18. The predicted molar refractivity (Wildman–Crippen MR) is 265 cm³/mol. The Hall–Kier alpha value is -7.68. The van der Waals surface area contributed by atoms with Crippen molar-refractivity contribution in [1.29, 1.82) is 0 Å². The minimum Gasteiger partial charge on any atom is -0.309 e. The Balaban J connectivity index is 0.963. The average molecular weight is 793 g/mol. The van der Waals surface area contributed by atoms with Crippen LogP contribution in [0.15, 0.2) is 212 Å². The molecule has 0 bridgehead atoms. The van der Waals surface area contributed by atoms with Crippen molar-refractivity contribution in [2.75, 3.05) is 0 Å². The van der Waals surface area contributed by atoms with Crippen LogP contribution in [-0.4, -0.2) is 9.13 Å². The van der Waals surface area contributed by atoms with E-state index in [2.05, 4.69) is 235 Å². The topological polar surface area (TPSA) is 9.86 Å². The lowest BCUT2D eigenvalue weighted by atomic mass is 9.86. The van der Waals surface area contributed by atoms with Gasteiger partial charge < -0.3 is 9.13 Å². The molecule has 62 heavy (non-hydrogen) atoms. The van der Waals surface area contributed by atoms with Gasteiger partial charge >= 0.3 is 0 Å². The fourth-order valence-electron chi connectivity index (χ4n) is 10.2. The Bertz CT molecular complexity index is 3600. The number of aromatic nitrogens is 2. The maximum absolute atomic E-state index is 2.43. The van der Waals surface area contributed by atoms with E-state index in [1.807, 2.05) is 0 Å². The Labute approximate surface area is 361 Å². The van der Waals surface area contributed by atoms with Crippen LogP contribution in [0.3, 0.4) is 0 Å². The van der Waals surface area contributed by atoms with Gasteiger partial charge in [-0.25, -0.2) is 0 Å². The monoisotopic (exact) mass is 792 g/mol. The highest BCUT2D eigenvalue weighted by Crippen LogP contribution is 2.44. The SMILES string of the molecule is CC(C)Cc1ccc(-n2c3ccccc3c3cc(-c4ccc5c(c4)c4ccccc4n5-c4ccc(-c5c6ccccc6c(-c6ccccc6)c6ccccc56)cc4)ccc32)cc1. The quantitative estimate of drug-likeness (QED) is 0.142. The van der Waals surface area contributed by atoms with E-state index in [1.54, 1.807) is 0 Å². The van der Waals surface area contributed by atoms with Crippen LogP contribution in [0.5, 0.6) is 0 Å². The van der Waals surface area contributed by atoms with Crippen LogP contribution in [0.1, 0.15) is 19.4 Å². The molecule has 2 nitrogen and oxygen atoms in total. The molecule has 0 fully saturated rings. The molecule has 12 aromatic rings. The summed E-state index contributed by atoms with van der Waals surface area (Å²) in [5.41, 5.74) is 16.0. The number of benzene rings is 10. The molecule has 12 rings (SSSR count). The molecule has 2 heterocycles. The van der Waals surface area contributed by atoms with Crippen LogP contribution in [0.25, 0.3) is 110 Å². The third-order valence-electron chi connectivity index (χ3n) is 12.9. The summed E-state index contributed by atoms with van der Waals surface area (Å²) in [4.78, 5) is 0. The van der Waals surface area contributed by atoms with Crippen LogP contribution in [0, 0.1) is 5.92 Å². The van der Waals surface area contributed by atoms with Gasteiger partial charge in [0, 0.05) is 32.9 Å². The highest BCUT2D eigenvalue weighted by Gasteiger charge is 2.19. The fraction of sp³-hybridized carbons (Fsp3) is 0.0667. The van der Waals surface area contributed by atoms with E-state index in [0.717, 1.165) is 12.1 Å². The first kappa shape index (κ1) is 36.2. The van der Waals surface area contributed by atoms with E-state index in [4.69, 9.17) is 0 Å². The first-order valence-corrected chi connectivity index (χ1v) is 21.8. The zero-order valence-corrected chi connectivity index (χ0v) is 34.9. The normalized spacial score (nSPS) is 11.9. The molecular formula is C60H44N2. The molecule has 0 saturated carbocycles. The summed E-state index contributed by atoms with van der Waals surface area (Å²) >= 11 is 0. The second-order valence-electron chi connectivity index (χ2n) is 17.2.